The highest BCUT2D eigenvalue weighted by Crippen LogP contribution is 2.45. The highest BCUT2D eigenvalue weighted by molar-refractivity contribution is 9.10. The maximum atomic E-state index is 11.6. The van der Waals surface area contributed by atoms with Gasteiger partial charge >= 0.3 is 5.97 Å². The van der Waals surface area contributed by atoms with Crippen LogP contribution in [-0.4, -0.2) is 29.3 Å². The summed E-state index contributed by atoms with van der Waals surface area (Å²) in [5.74, 6) is -0.633. The number of nitrogens with one attached hydrogen (secondary N) is 1. The zero-order valence-corrected chi connectivity index (χ0v) is 12.6. The average molecular weight is 344 g/mol. The molecule has 1 aliphatic rings. The van der Waals surface area contributed by atoms with Crippen molar-refractivity contribution in [3.63, 3.8) is 0 Å². The molecular formula is C13H14BrNO3S. The van der Waals surface area contributed by atoms with E-state index in [0.717, 1.165) is 9.37 Å². The van der Waals surface area contributed by atoms with Gasteiger partial charge in [0.15, 0.2) is 0 Å². The Bertz CT molecular complexity index is 485. The molecule has 0 spiro atoms. The largest absolute Gasteiger partial charge is 0.481 e. The summed E-state index contributed by atoms with van der Waals surface area (Å²) in [6.45, 7) is 0.238. The van der Waals surface area contributed by atoms with Crippen LogP contribution in [0.3, 0.4) is 0 Å². The smallest absolute Gasteiger partial charge is 0.311 e. The van der Waals surface area contributed by atoms with Gasteiger partial charge in [0.2, 0.25) is 5.91 Å². The van der Waals surface area contributed by atoms with Crippen LogP contribution in [-0.2, 0) is 9.59 Å². The van der Waals surface area contributed by atoms with E-state index in [-0.39, 0.29) is 12.5 Å². The van der Waals surface area contributed by atoms with Gasteiger partial charge in [-0.25, -0.2) is 0 Å². The number of carboxylic acids is 1. The topological polar surface area (TPSA) is 66.4 Å². The van der Waals surface area contributed by atoms with Gasteiger partial charge in [-0.3, -0.25) is 9.59 Å². The molecule has 19 heavy (non-hydrogen) atoms. The summed E-state index contributed by atoms with van der Waals surface area (Å²) in [4.78, 5) is 23.6. The molecule has 1 aromatic rings. The Morgan fingerprint density at radius 3 is 2.47 bits per heavy atom. The van der Waals surface area contributed by atoms with Gasteiger partial charge in [-0.2, -0.15) is 0 Å². The van der Waals surface area contributed by atoms with E-state index in [0.29, 0.717) is 18.6 Å². The molecule has 6 heteroatoms. The van der Waals surface area contributed by atoms with Crippen molar-refractivity contribution >= 4 is 39.6 Å². The summed E-state index contributed by atoms with van der Waals surface area (Å²) >= 11 is 4.78. The summed E-state index contributed by atoms with van der Waals surface area (Å²) in [7, 11) is 0. The maximum Gasteiger partial charge on any atom is 0.311 e. The Hall–Kier alpha value is -1.01. The molecule has 1 aromatic carbocycles. The van der Waals surface area contributed by atoms with Crippen LogP contribution >= 0.6 is 27.7 Å². The van der Waals surface area contributed by atoms with E-state index in [1.807, 2.05) is 24.3 Å². The summed E-state index contributed by atoms with van der Waals surface area (Å²) in [6, 6.07) is 7.71. The third-order valence-electron chi connectivity index (χ3n) is 3.11. The predicted molar refractivity (Wildman–Crippen MR) is 77.2 cm³/mol. The minimum absolute atomic E-state index is 0.125. The number of hydrogen-bond donors (Lipinski definition) is 2. The van der Waals surface area contributed by atoms with Crippen LogP contribution in [0.15, 0.2) is 33.6 Å². The van der Waals surface area contributed by atoms with Crippen molar-refractivity contribution in [3.8, 4) is 0 Å². The maximum absolute atomic E-state index is 11.6. The Labute approximate surface area is 124 Å². The Morgan fingerprint density at radius 1 is 1.32 bits per heavy atom. The van der Waals surface area contributed by atoms with Crippen LogP contribution in [0, 0.1) is 5.41 Å². The summed E-state index contributed by atoms with van der Waals surface area (Å²) in [5, 5.41) is 11.7. The lowest BCUT2D eigenvalue weighted by atomic mass is 10.1. The predicted octanol–water partition coefficient (Wildman–Crippen LogP) is 2.52. The number of aliphatic carboxylic acids is 1. The summed E-state index contributed by atoms with van der Waals surface area (Å²) < 4.78 is 0.999. The fraction of sp³-hybridized carbons (Fsp3) is 0.385. The highest BCUT2D eigenvalue weighted by atomic mass is 79.9. The number of carbonyl (C=O) groups is 2. The van der Waals surface area contributed by atoms with Gasteiger partial charge in [0.05, 0.1) is 11.2 Å². The van der Waals surface area contributed by atoms with E-state index < -0.39 is 11.4 Å². The molecule has 1 saturated carbocycles. The van der Waals surface area contributed by atoms with Gasteiger partial charge in [0.25, 0.3) is 0 Å². The molecular weight excluding hydrogens is 330 g/mol. The van der Waals surface area contributed by atoms with Crippen molar-refractivity contribution in [1.29, 1.82) is 0 Å². The number of hydrogen-bond acceptors (Lipinski definition) is 3. The molecule has 0 aliphatic heterocycles. The molecule has 1 aliphatic carbocycles. The van der Waals surface area contributed by atoms with Gasteiger partial charge in [0, 0.05) is 15.9 Å². The SMILES string of the molecule is O=C(CSc1ccc(Br)cc1)NCC1(C(=O)O)CC1. The molecule has 102 valence electrons. The first-order chi connectivity index (χ1) is 9.02. The van der Waals surface area contributed by atoms with E-state index in [1.165, 1.54) is 11.8 Å². The Morgan fingerprint density at radius 2 is 1.95 bits per heavy atom. The monoisotopic (exact) mass is 343 g/mol. The van der Waals surface area contributed by atoms with Crippen molar-refractivity contribution in [2.75, 3.05) is 12.3 Å². The van der Waals surface area contributed by atoms with Crippen molar-refractivity contribution in [2.45, 2.75) is 17.7 Å². The van der Waals surface area contributed by atoms with Gasteiger partial charge in [-0.05, 0) is 37.1 Å². The highest BCUT2D eigenvalue weighted by Gasteiger charge is 2.50. The first kappa shape index (κ1) is 14.4. The molecule has 2 rings (SSSR count). The van der Waals surface area contributed by atoms with Crippen molar-refractivity contribution in [2.24, 2.45) is 5.41 Å². The first-order valence-electron chi connectivity index (χ1n) is 5.90. The van der Waals surface area contributed by atoms with E-state index in [4.69, 9.17) is 5.11 Å². The molecule has 0 heterocycles. The van der Waals surface area contributed by atoms with Crippen LogP contribution in [0.2, 0.25) is 0 Å². The Balaban J connectivity index is 1.73. The van der Waals surface area contributed by atoms with Crippen molar-refractivity contribution in [3.05, 3.63) is 28.7 Å². The fourth-order valence-electron chi connectivity index (χ4n) is 1.62. The van der Waals surface area contributed by atoms with Gasteiger partial charge in [-0.1, -0.05) is 15.9 Å². The van der Waals surface area contributed by atoms with E-state index in [9.17, 15) is 9.59 Å². The van der Waals surface area contributed by atoms with Gasteiger partial charge < -0.3 is 10.4 Å². The molecule has 0 aromatic heterocycles. The van der Waals surface area contributed by atoms with Crippen LogP contribution in [0.4, 0.5) is 0 Å². The number of thioether (sulfide) groups is 1. The van der Waals surface area contributed by atoms with E-state index in [2.05, 4.69) is 21.2 Å². The summed E-state index contributed by atoms with van der Waals surface area (Å²) in [6.07, 6.45) is 1.31. The molecule has 0 unspecified atom stereocenters. The number of amides is 1. The molecule has 0 radical (unpaired) electrons. The number of rotatable bonds is 6. The van der Waals surface area contributed by atoms with Crippen LogP contribution in [0.5, 0.6) is 0 Å². The molecule has 2 N–H and O–H groups in total. The minimum atomic E-state index is -0.812. The fourth-order valence-corrected chi connectivity index (χ4v) is 2.61. The number of halogens is 1. The molecule has 1 amide bonds. The zero-order chi connectivity index (χ0) is 13.9. The number of carboxylic acid groups (broad SMARTS) is 1. The molecule has 4 nitrogen and oxygen atoms in total. The normalized spacial score (nSPS) is 15.8. The standard InChI is InChI=1S/C13H14BrNO3S/c14-9-1-3-10(4-2-9)19-7-11(16)15-8-13(5-6-13)12(17)18/h1-4H,5-8H2,(H,15,16)(H,17,18). The Kier molecular flexibility index (Phi) is 4.52. The second-order valence-electron chi connectivity index (χ2n) is 4.60. The minimum Gasteiger partial charge on any atom is -0.481 e. The van der Waals surface area contributed by atoms with Crippen molar-refractivity contribution < 1.29 is 14.7 Å². The van der Waals surface area contributed by atoms with E-state index in [1.54, 1.807) is 0 Å². The third-order valence-corrected chi connectivity index (χ3v) is 4.66. The first-order valence-corrected chi connectivity index (χ1v) is 7.68. The summed E-state index contributed by atoms with van der Waals surface area (Å²) in [5.41, 5.74) is -0.696. The van der Waals surface area contributed by atoms with Crippen LogP contribution < -0.4 is 5.32 Å². The zero-order valence-electron chi connectivity index (χ0n) is 10.2. The third kappa shape index (κ3) is 3.98. The van der Waals surface area contributed by atoms with Gasteiger partial charge in [-0.15, -0.1) is 11.8 Å². The lowest BCUT2D eigenvalue weighted by molar-refractivity contribution is -0.143. The molecule has 0 atom stereocenters. The van der Waals surface area contributed by atoms with Gasteiger partial charge in [0.1, 0.15) is 0 Å². The molecule has 1 fully saturated rings. The molecule has 0 bridgehead atoms. The van der Waals surface area contributed by atoms with Crippen molar-refractivity contribution in [1.82, 2.24) is 5.32 Å². The lowest BCUT2D eigenvalue weighted by Gasteiger charge is -2.10. The second kappa shape index (κ2) is 5.96. The van der Waals surface area contributed by atoms with E-state index >= 15 is 0 Å². The number of benzene rings is 1. The van der Waals surface area contributed by atoms with Crippen LogP contribution in [0.1, 0.15) is 12.8 Å². The average Bonchev–Trinajstić information content (AvgIpc) is 3.17. The quantitative estimate of drug-likeness (QED) is 0.779. The second-order valence-corrected chi connectivity index (χ2v) is 6.57. The molecule has 0 saturated heterocycles. The van der Waals surface area contributed by atoms with Crippen LogP contribution in [0.25, 0.3) is 0 Å². The lowest BCUT2D eigenvalue weighted by Crippen LogP contribution is -2.35. The number of carbonyl (C=O) groups excluding carboxylic acids is 1.